The summed E-state index contributed by atoms with van der Waals surface area (Å²) in [6.45, 7) is 2.19. The summed E-state index contributed by atoms with van der Waals surface area (Å²) in [7, 11) is 4.17. The maximum Gasteiger partial charge on any atom is 0.0320 e. The first-order valence-electron chi connectivity index (χ1n) is 3.75. The fourth-order valence-corrected chi connectivity index (χ4v) is 1.14. The van der Waals surface area contributed by atoms with Gasteiger partial charge in [0.25, 0.3) is 0 Å². The highest BCUT2D eigenvalue weighted by molar-refractivity contribution is 5.25. The topological polar surface area (TPSA) is 3.24 Å². The van der Waals surface area contributed by atoms with Gasteiger partial charge in [0.05, 0.1) is 0 Å². The molecule has 0 atom stereocenters. The predicted molar refractivity (Wildman–Crippen MR) is 44.8 cm³/mol. The Bertz CT molecular complexity index is 175. The van der Waals surface area contributed by atoms with Gasteiger partial charge in [-0.2, -0.15) is 0 Å². The molecule has 0 heterocycles. The number of allylic oxidation sites excluding steroid dienone is 3. The van der Waals surface area contributed by atoms with Crippen LogP contribution in [0.15, 0.2) is 23.4 Å². The van der Waals surface area contributed by atoms with Crippen molar-refractivity contribution in [3.05, 3.63) is 23.4 Å². The number of hydrogen-bond donors (Lipinski definition) is 0. The van der Waals surface area contributed by atoms with E-state index in [1.807, 2.05) is 0 Å². The fraction of sp³-hybridized carbons (Fsp3) is 0.556. The number of likely N-dealkylation sites (N-methyl/N-ethyl adjacent to an activating group) is 1. The Morgan fingerprint density at radius 3 is 2.50 bits per heavy atom. The Morgan fingerprint density at radius 1 is 1.40 bits per heavy atom. The van der Waals surface area contributed by atoms with E-state index < -0.39 is 0 Å². The summed E-state index contributed by atoms with van der Waals surface area (Å²) in [5.41, 5.74) is 2.84. The Kier molecular flexibility index (Phi) is 2.15. The molecule has 1 aliphatic carbocycles. The Labute approximate surface area is 63.0 Å². The predicted octanol–water partition coefficient (Wildman–Crippen LogP) is 2.17. The highest BCUT2D eigenvalue weighted by Crippen LogP contribution is 2.17. The molecular weight excluding hydrogens is 122 g/mol. The lowest BCUT2D eigenvalue weighted by molar-refractivity contribution is 0.522. The first-order chi connectivity index (χ1) is 4.70. The summed E-state index contributed by atoms with van der Waals surface area (Å²) < 4.78 is 0. The molecule has 0 bridgehead atoms. The molecule has 0 N–H and O–H groups in total. The summed E-state index contributed by atoms with van der Waals surface area (Å²) in [6.07, 6.45) is 6.98. The summed E-state index contributed by atoms with van der Waals surface area (Å²) >= 11 is 0. The van der Waals surface area contributed by atoms with Crippen molar-refractivity contribution in [3.8, 4) is 0 Å². The zero-order chi connectivity index (χ0) is 7.56. The van der Waals surface area contributed by atoms with E-state index in [1.165, 1.54) is 24.1 Å². The van der Waals surface area contributed by atoms with Crippen LogP contribution >= 0.6 is 0 Å². The van der Waals surface area contributed by atoms with Gasteiger partial charge < -0.3 is 4.90 Å². The van der Waals surface area contributed by atoms with Crippen molar-refractivity contribution < 1.29 is 0 Å². The van der Waals surface area contributed by atoms with Crippen molar-refractivity contribution in [2.45, 2.75) is 19.8 Å². The van der Waals surface area contributed by atoms with Gasteiger partial charge in [0, 0.05) is 19.8 Å². The lowest BCUT2D eigenvalue weighted by Crippen LogP contribution is -2.11. The fourth-order valence-electron chi connectivity index (χ4n) is 1.14. The maximum absolute atomic E-state index is 2.28. The van der Waals surface area contributed by atoms with E-state index >= 15 is 0 Å². The van der Waals surface area contributed by atoms with E-state index in [4.69, 9.17) is 0 Å². The highest BCUT2D eigenvalue weighted by atomic mass is 15.1. The Hall–Kier alpha value is -0.720. The third kappa shape index (κ3) is 1.63. The van der Waals surface area contributed by atoms with Gasteiger partial charge in [0.1, 0.15) is 0 Å². The van der Waals surface area contributed by atoms with Gasteiger partial charge in [-0.3, -0.25) is 0 Å². The van der Waals surface area contributed by atoms with Gasteiger partial charge >= 0.3 is 0 Å². The van der Waals surface area contributed by atoms with E-state index in [9.17, 15) is 0 Å². The van der Waals surface area contributed by atoms with Crippen LogP contribution in [0.1, 0.15) is 19.8 Å². The molecule has 10 heavy (non-hydrogen) atoms. The van der Waals surface area contributed by atoms with Gasteiger partial charge in [-0.25, -0.2) is 0 Å². The van der Waals surface area contributed by atoms with Crippen molar-refractivity contribution in [3.63, 3.8) is 0 Å². The summed E-state index contributed by atoms with van der Waals surface area (Å²) in [6, 6.07) is 0. The quantitative estimate of drug-likeness (QED) is 0.535. The molecule has 56 valence electrons. The zero-order valence-electron chi connectivity index (χ0n) is 7.02. The summed E-state index contributed by atoms with van der Waals surface area (Å²) in [5.74, 6) is 0. The van der Waals surface area contributed by atoms with Crippen molar-refractivity contribution >= 4 is 0 Å². The molecule has 0 aromatic heterocycles. The number of hydrogen-bond acceptors (Lipinski definition) is 1. The van der Waals surface area contributed by atoms with Crippen LogP contribution in [0.4, 0.5) is 0 Å². The van der Waals surface area contributed by atoms with Crippen LogP contribution < -0.4 is 0 Å². The van der Waals surface area contributed by atoms with Crippen molar-refractivity contribution in [2.24, 2.45) is 0 Å². The number of rotatable bonds is 1. The van der Waals surface area contributed by atoms with Crippen LogP contribution in [0.2, 0.25) is 0 Å². The van der Waals surface area contributed by atoms with Crippen LogP contribution in [0.25, 0.3) is 0 Å². The smallest absolute Gasteiger partial charge is 0.0320 e. The van der Waals surface area contributed by atoms with Crippen LogP contribution in [-0.2, 0) is 0 Å². The van der Waals surface area contributed by atoms with Gasteiger partial charge in [0.2, 0.25) is 0 Å². The molecular formula is C9H15N. The lowest BCUT2D eigenvalue weighted by atomic mass is 10.0. The molecule has 1 rings (SSSR count). The molecule has 0 fully saturated rings. The average Bonchev–Trinajstić information content (AvgIpc) is 1.88. The van der Waals surface area contributed by atoms with Gasteiger partial charge in [-0.05, 0) is 25.8 Å². The van der Waals surface area contributed by atoms with Crippen LogP contribution in [0, 0.1) is 0 Å². The van der Waals surface area contributed by atoms with Crippen molar-refractivity contribution in [2.75, 3.05) is 14.1 Å². The van der Waals surface area contributed by atoms with Crippen LogP contribution in [0.5, 0.6) is 0 Å². The van der Waals surface area contributed by atoms with Gasteiger partial charge in [-0.1, -0.05) is 11.6 Å². The van der Waals surface area contributed by atoms with Gasteiger partial charge in [-0.15, -0.1) is 0 Å². The first-order valence-corrected chi connectivity index (χ1v) is 3.75. The standard InChI is InChI=1S/C9H15N/c1-8-5-4-6-9(7-8)10(2)3/h6-7H,4-5H2,1-3H3. The first kappa shape index (κ1) is 7.39. The minimum Gasteiger partial charge on any atom is -0.378 e. The molecule has 1 nitrogen and oxygen atoms in total. The molecule has 1 heteroatoms. The highest BCUT2D eigenvalue weighted by Gasteiger charge is 2.01. The molecule has 0 radical (unpaired) electrons. The normalized spacial score (nSPS) is 17.9. The SMILES string of the molecule is CC1=CC(N(C)C)=CCC1. The van der Waals surface area contributed by atoms with E-state index in [0.29, 0.717) is 0 Å². The van der Waals surface area contributed by atoms with E-state index in [2.05, 4.69) is 38.1 Å². The molecule has 0 aromatic carbocycles. The second kappa shape index (κ2) is 2.91. The van der Waals surface area contributed by atoms with Crippen molar-refractivity contribution in [1.82, 2.24) is 4.90 Å². The third-order valence-electron chi connectivity index (χ3n) is 1.80. The summed E-state index contributed by atoms with van der Waals surface area (Å²) in [5, 5.41) is 0. The molecule has 0 aliphatic heterocycles. The maximum atomic E-state index is 2.28. The van der Waals surface area contributed by atoms with E-state index in [-0.39, 0.29) is 0 Å². The van der Waals surface area contributed by atoms with Gasteiger partial charge in [0.15, 0.2) is 0 Å². The van der Waals surface area contributed by atoms with E-state index in [0.717, 1.165) is 0 Å². The lowest BCUT2D eigenvalue weighted by Gasteiger charge is -2.18. The Balaban J connectivity index is 2.69. The summed E-state index contributed by atoms with van der Waals surface area (Å²) in [4.78, 5) is 2.16. The van der Waals surface area contributed by atoms with Crippen LogP contribution in [-0.4, -0.2) is 19.0 Å². The van der Waals surface area contributed by atoms with Crippen LogP contribution in [0.3, 0.4) is 0 Å². The monoisotopic (exact) mass is 137 g/mol. The second-order valence-corrected chi connectivity index (χ2v) is 3.05. The molecule has 0 spiro atoms. The minimum atomic E-state index is 1.20. The molecule has 0 saturated heterocycles. The van der Waals surface area contributed by atoms with Crippen molar-refractivity contribution in [1.29, 1.82) is 0 Å². The zero-order valence-corrected chi connectivity index (χ0v) is 7.02. The second-order valence-electron chi connectivity index (χ2n) is 3.05. The largest absolute Gasteiger partial charge is 0.378 e. The third-order valence-corrected chi connectivity index (χ3v) is 1.80. The molecule has 0 unspecified atom stereocenters. The molecule has 0 saturated carbocycles. The molecule has 0 aromatic rings. The Morgan fingerprint density at radius 2 is 2.10 bits per heavy atom. The minimum absolute atomic E-state index is 1.20. The molecule has 0 amide bonds. The molecule has 1 aliphatic rings. The van der Waals surface area contributed by atoms with E-state index in [1.54, 1.807) is 0 Å². The average molecular weight is 137 g/mol. The number of nitrogens with zero attached hydrogens (tertiary/aromatic N) is 1.